The van der Waals surface area contributed by atoms with Crippen molar-refractivity contribution < 1.29 is 13.2 Å². The zero-order valence-electron chi connectivity index (χ0n) is 13.6. The highest BCUT2D eigenvalue weighted by Crippen LogP contribution is 2.25. The molecule has 2 fully saturated rings. The highest BCUT2D eigenvalue weighted by Gasteiger charge is 2.40. The van der Waals surface area contributed by atoms with E-state index in [0.29, 0.717) is 6.54 Å². The van der Waals surface area contributed by atoms with Gasteiger partial charge in [0.2, 0.25) is 15.0 Å². The van der Waals surface area contributed by atoms with Crippen LogP contribution in [0.4, 0.5) is 0 Å². The summed E-state index contributed by atoms with van der Waals surface area (Å²) >= 11 is 0. The average Bonchev–Trinajstić information content (AvgIpc) is 2.80. The van der Waals surface area contributed by atoms with E-state index in [2.05, 4.69) is 30.6 Å². The lowest BCUT2D eigenvalue weighted by atomic mass is 10.0. The van der Waals surface area contributed by atoms with Crippen LogP contribution in [0.15, 0.2) is 0 Å². The summed E-state index contributed by atoms with van der Waals surface area (Å²) in [7, 11) is 1.73. The maximum absolute atomic E-state index is 12.1. The van der Waals surface area contributed by atoms with Crippen LogP contribution in [0.2, 0.25) is 0 Å². The first-order valence-corrected chi connectivity index (χ1v) is 10.2. The third kappa shape index (κ3) is 4.13. The Bertz CT molecular complexity index is 515. The number of halogens is 1. The van der Waals surface area contributed by atoms with Crippen molar-refractivity contribution >= 4 is 25.6 Å². The summed E-state index contributed by atoms with van der Waals surface area (Å²) in [6.07, 6.45) is 0.00548. The molecule has 0 aromatic rings. The van der Waals surface area contributed by atoms with Gasteiger partial charge in [0.1, 0.15) is 5.25 Å². The van der Waals surface area contributed by atoms with Gasteiger partial charge in [-0.3, -0.25) is 9.69 Å². The van der Waals surface area contributed by atoms with E-state index in [-0.39, 0.29) is 24.4 Å². The minimum absolute atomic E-state index is 0.00548. The third-order valence-corrected chi connectivity index (χ3v) is 6.70. The number of likely N-dealkylation sites (tertiary alicyclic amines) is 1. The molecule has 1 amide bonds. The predicted octanol–water partition coefficient (Wildman–Crippen LogP) is 0.572. The van der Waals surface area contributed by atoms with Crippen LogP contribution in [0.1, 0.15) is 27.2 Å². The number of hydrogen-bond donors (Lipinski definition) is 0. The van der Waals surface area contributed by atoms with Gasteiger partial charge in [-0.2, -0.15) is 0 Å². The molecule has 2 aliphatic rings. The molecule has 128 valence electrons. The Morgan fingerprint density at radius 1 is 1.23 bits per heavy atom. The minimum Gasteiger partial charge on any atom is -0.339 e. The maximum Gasteiger partial charge on any atom is 0.237 e. The Morgan fingerprint density at radius 3 is 2.27 bits per heavy atom. The molecule has 8 heteroatoms. The number of amides is 1. The molecule has 2 saturated heterocycles. The highest BCUT2D eigenvalue weighted by atomic mass is 35.7. The highest BCUT2D eigenvalue weighted by molar-refractivity contribution is 8.14. The fourth-order valence-corrected chi connectivity index (χ4v) is 4.37. The van der Waals surface area contributed by atoms with Gasteiger partial charge in [0.15, 0.2) is 0 Å². The first-order valence-electron chi connectivity index (χ1n) is 7.82. The van der Waals surface area contributed by atoms with E-state index >= 15 is 0 Å². The molecule has 0 aliphatic carbocycles. The van der Waals surface area contributed by atoms with Crippen LogP contribution < -0.4 is 0 Å². The molecule has 0 aromatic heterocycles. The van der Waals surface area contributed by atoms with Crippen LogP contribution in [0, 0.1) is 0 Å². The number of hydrogen-bond acceptors (Lipinski definition) is 5. The smallest absolute Gasteiger partial charge is 0.237 e. The van der Waals surface area contributed by atoms with E-state index in [1.807, 2.05) is 0 Å². The summed E-state index contributed by atoms with van der Waals surface area (Å²) in [6, 6.07) is 0. The summed E-state index contributed by atoms with van der Waals surface area (Å²) in [6.45, 7) is 12.2. The zero-order valence-corrected chi connectivity index (χ0v) is 15.2. The minimum atomic E-state index is -3.67. The van der Waals surface area contributed by atoms with Gasteiger partial charge >= 0.3 is 0 Å². The van der Waals surface area contributed by atoms with E-state index < -0.39 is 14.3 Å². The fourth-order valence-electron chi connectivity index (χ4n) is 3.31. The molecule has 2 heterocycles. The number of piperazine rings is 1. The van der Waals surface area contributed by atoms with Gasteiger partial charge < -0.3 is 9.80 Å². The van der Waals surface area contributed by atoms with Crippen molar-refractivity contribution in [3.8, 4) is 0 Å². The van der Waals surface area contributed by atoms with E-state index in [1.165, 1.54) is 0 Å². The van der Waals surface area contributed by atoms with E-state index in [9.17, 15) is 13.2 Å². The van der Waals surface area contributed by atoms with Gasteiger partial charge in [-0.1, -0.05) is 6.92 Å². The lowest BCUT2D eigenvalue weighted by molar-refractivity contribution is -0.129. The van der Waals surface area contributed by atoms with Crippen molar-refractivity contribution in [2.24, 2.45) is 0 Å². The molecular weight excluding hydrogens is 326 g/mol. The summed E-state index contributed by atoms with van der Waals surface area (Å²) in [5, 5.41) is -0.769. The Morgan fingerprint density at radius 2 is 1.82 bits per heavy atom. The molecule has 1 unspecified atom stereocenters. The lowest BCUT2D eigenvalue weighted by Gasteiger charge is -2.45. The molecule has 0 radical (unpaired) electrons. The topological polar surface area (TPSA) is 60.9 Å². The maximum atomic E-state index is 12.1. The second-order valence-corrected chi connectivity index (χ2v) is 9.72. The summed E-state index contributed by atoms with van der Waals surface area (Å²) in [5.41, 5.74) is -0.166. The Balaban J connectivity index is 1.96. The Hall–Kier alpha value is -0.370. The number of rotatable bonds is 5. The SMILES string of the molecule is CCN1CCN(C(C)(C)CN2CC(S(=O)(=O)Cl)CC2=O)CC1. The average molecular weight is 352 g/mol. The molecule has 0 saturated carbocycles. The van der Waals surface area contributed by atoms with E-state index in [4.69, 9.17) is 10.7 Å². The van der Waals surface area contributed by atoms with Gasteiger partial charge in [0.25, 0.3) is 0 Å². The number of nitrogens with zero attached hydrogens (tertiary/aromatic N) is 3. The van der Waals surface area contributed by atoms with Crippen molar-refractivity contribution in [1.29, 1.82) is 0 Å². The van der Waals surface area contributed by atoms with Gasteiger partial charge in [0.05, 0.1) is 0 Å². The summed E-state index contributed by atoms with van der Waals surface area (Å²) < 4.78 is 22.9. The van der Waals surface area contributed by atoms with Crippen molar-refractivity contribution in [2.75, 3.05) is 45.8 Å². The van der Waals surface area contributed by atoms with E-state index in [0.717, 1.165) is 32.7 Å². The van der Waals surface area contributed by atoms with Gasteiger partial charge in [-0.25, -0.2) is 8.42 Å². The molecule has 2 rings (SSSR count). The molecule has 0 bridgehead atoms. The third-order valence-electron chi connectivity index (χ3n) is 4.83. The molecular formula is C14H26ClN3O3S. The largest absolute Gasteiger partial charge is 0.339 e. The van der Waals surface area contributed by atoms with Gasteiger partial charge in [0, 0.05) is 61.9 Å². The van der Waals surface area contributed by atoms with Gasteiger partial charge in [-0.05, 0) is 20.4 Å². The molecule has 0 spiro atoms. The van der Waals surface area contributed by atoms with Crippen molar-refractivity contribution in [1.82, 2.24) is 14.7 Å². The monoisotopic (exact) mass is 351 g/mol. The molecule has 22 heavy (non-hydrogen) atoms. The first-order chi connectivity index (χ1) is 10.1. The second-order valence-electron chi connectivity index (χ2n) is 6.81. The van der Waals surface area contributed by atoms with Crippen LogP contribution in [-0.2, 0) is 13.8 Å². The van der Waals surface area contributed by atoms with Crippen LogP contribution in [-0.4, -0.2) is 85.6 Å². The van der Waals surface area contributed by atoms with Crippen LogP contribution in [0.5, 0.6) is 0 Å². The standard InChI is InChI=1S/C14H26ClN3O3S/c1-4-16-5-7-18(8-6-16)14(2,3)11-17-10-12(9-13(17)19)22(15,20)21/h12H,4-11H2,1-3H3. The van der Waals surface area contributed by atoms with Crippen LogP contribution in [0.3, 0.4) is 0 Å². The normalized spacial score (nSPS) is 25.9. The molecule has 1 atom stereocenters. The Labute approximate surface area is 137 Å². The summed E-state index contributed by atoms with van der Waals surface area (Å²) in [4.78, 5) is 18.5. The molecule has 6 nitrogen and oxygen atoms in total. The quantitative estimate of drug-likeness (QED) is 0.678. The number of carbonyl (C=O) groups is 1. The molecule has 0 N–H and O–H groups in total. The van der Waals surface area contributed by atoms with Crippen molar-refractivity contribution in [3.05, 3.63) is 0 Å². The van der Waals surface area contributed by atoms with Crippen LogP contribution in [0.25, 0.3) is 0 Å². The lowest BCUT2D eigenvalue weighted by Crippen LogP contribution is -2.58. The second kappa shape index (κ2) is 6.63. The zero-order chi connectivity index (χ0) is 16.5. The first kappa shape index (κ1) is 18.0. The summed E-state index contributed by atoms with van der Waals surface area (Å²) in [5.74, 6) is -0.116. The number of carbonyl (C=O) groups excluding carboxylic acids is 1. The van der Waals surface area contributed by atoms with Gasteiger partial charge in [-0.15, -0.1) is 0 Å². The van der Waals surface area contributed by atoms with Crippen LogP contribution >= 0.6 is 10.7 Å². The predicted molar refractivity (Wildman–Crippen MR) is 87.5 cm³/mol. The Kier molecular flexibility index (Phi) is 5.42. The van der Waals surface area contributed by atoms with Crippen molar-refractivity contribution in [3.63, 3.8) is 0 Å². The fraction of sp³-hybridized carbons (Fsp3) is 0.929. The van der Waals surface area contributed by atoms with Crippen molar-refractivity contribution in [2.45, 2.75) is 38.0 Å². The molecule has 2 aliphatic heterocycles. The molecule has 0 aromatic carbocycles. The number of likely N-dealkylation sites (N-methyl/N-ethyl adjacent to an activating group) is 1. The van der Waals surface area contributed by atoms with E-state index in [1.54, 1.807) is 4.90 Å².